The van der Waals surface area contributed by atoms with Crippen LogP contribution in [-0.2, 0) is 11.3 Å². The predicted octanol–water partition coefficient (Wildman–Crippen LogP) is 1.40. The molecule has 1 rings (SSSR count). The molecule has 4 heteroatoms. The highest BCUT2D eigenvalue weighted by atomic mass is 16.3. The lowest BCUT2D eigenvalue weighted by Gasteiger charge is -2.12. The number of aromatic hydroxyl groups is 1. The van der Waals surface area contributed by atoms with Gasteiger partial charge in [-0.25, -0.2) is 0 Å². The van der Waals surface area contributed by atoms with Crippen LogP contribution in [0.1, 0.15) is 25.8 Å². The molecule has 1 unspecified atom stereocenters. The second kappa shape index (κ2) is 6.91. The van der Waals surface area contributed by atoms with Gasteiger partial charge in [-0.3, -0.25) is 4.79 Å². The van der Waals surface area contributed by atoms with Crippen LogP contribution in [0.4, 0.5) is 0 Å². The third-order valence-electron chi connectivity index (χ3n) is 2.51. The lowest BCUT2D eigenvalue weighted by molar-refractivity contribution is -0.121. The molecule has 0 bridgehead atoms. The Balaban J connectivity index is 2.36. The summed E-state index contributed by atoms with van der Waals surface area (Å²) in [6, 6.07) is 7.17. The monoisotopic (exact) mass is 236 g/mol. The molecular formula is C13H20N2O2. The Labute approximate surface area is 102 Å². The SMILES string of the molecule is CCNC(C)CC(=O)NCc1ccccc1O. The molecular weight excluding hydrogens is 216 g/mol. The van der Waals surface area contributed by atoms with Crippen molar-refractivity contribution >= 4 is 5.91 Å². The first-order chi connectivity index (χ1) is 8.13. The minimum absolute atomic E-state index is 0.0123. The van der Waals surface area contributed by atoms with Crippen LogP contribution in [0, 0.1) is 0 Å². The van der Waals surface area contributed by atoms with Gasteiger partial charge in [-0.05, 0) is 19.5 Å². The van der Waals surface area contributed by atoms with Crippen LogP contribution in [0.15, 0.2) is 24.3 Å². The molecule has 1 amide bonds. The van der Waals surface area contributed by atoms with Crippen molar-refractivity contribution in [3.05, 3.63) is 29.8 Å². The minimum atomic E-state index is -0.0123. The van der Waals surface area contributed by atoms with Crippen LogP contribution in [0.3, 0.4) is 0 Å². The van der Waals surface area contributed by atoms with Gasteiger partial charge >= 0.3 is 0 Å². The number of hydrogen-bond donors (Lipinski definition) is 3. The fourth-order valence-electron chi connectivity index (χ4n) is 1.63. The first-order valence-corrected chi connectivity index (χ1v) is 5.90. The van der Waals surface area contributed by atoms with E-state index in [0.29, 0.717) is 13.0 Å². The topological polar surface area (TPSA) is 61.4 Å². The fourth-order valence-corrected chi connectivity index (χ4v) is 1.63. The van der Waals surface area contributed by atoms with E-state index in [-0.39, 0.29) is 17.7 Å². The normalized spacial score (nSPS) is 12.1. The average Bonchev–Trinajstić information content (AvgIpc) is 2.28. The van der Waals surface area contributed by atoms with Crippen molar-refractivity contribution in [2.45, 2.75) is 32.9 Å². The summed E-state index contributed by atoms with van der Waals surface area (Å²) in [6.45, 7) is 5.21. The van der Waals surface area contributed by atoms with Crippen LogP contribution in [0.5, 0.6) is 5.75 Å². The van der Waals surface area contributed by atoms with Crippen molar-refractivity contribution in [2.24, 2.45) is 0 Å². The van der Waals surface area contributed by atoms with Crippen LogP contribution in [0.25, 0.3) is 0 Å². The number of rotatable bonds is 6. The summed E-state index contributed by atoms with van der Waals surface area (Å²) in [6.07, 6.45) is 0.446. The molecule has 3 N–H and O–H groups in total. The number of phenols is 1. The zero-order chi connectivity index (χ0) is 12.7. The summed E-state index contributed by atoms with van der Waals surface area (Å²) in [5, 5.41) is 15.5. The molecule has 0 heterocycles. The molecule has 0 aliphatic heterocycles. The Morgan fingerprint density at radius 1 is 1.41 bits per heavy atom. The number of carbonyl (C=O) groups is 1. The molecule has 0 saturated carbocycles. The van der Waals surface area contributed by atoms with E-state index in [1.807, 2.05) is 19.9 Å². The molecule has 1 aromatic carbocycles. The van der Waals surface area contributed by atoms with Gasteiger partial charge in [0.15, 0.2) is 0 Å². The van der Waals surface area contributed by atoms with Gasteiger partial charge in [-0.1, -0.05) is 25.1 Å². The maximum atomic E-state index is 11.6. The van der Waals surface area contributed by atoms with Crippen molar-refractivity contribution in [3.8, 4) is 5.75 Å². The van der Waals surface area contributed by atoms with E-state index < -0.39 is 0 Å². The smallest absolute Gasteiger partial charge is 0.221 e. The Morgan fingerprint density at radius 2 is 2.12 bits per heavy atom. The third-order valence-corrected chi connectivity index (χ3v) is 2.51. The highest BCUT2D eigenvalue weighted by Crippen LogP contribution is 2.14. The van der Waals surface area contributed by atoms with Crippen LogP contribution < -0.4 is 10.6 Å². The van der Waals surface area contributed by atoms with Crippen molar-refractivity contribution in [1.82, 2.24) is 10.6 Å². The number of para-hydroxylation sites is 1. The van der Waals surface area contributed by atoms with Gasteiger partial charge in [0.05, 0.1) is 0 Å². The van der Waals surface area contributed by atoms with Gasteiger partial charge < -0.3 is 15.7 Å². The summed E-state index contributed by atoms with van der Waals surface area (Å²) >= 11 is 0. The number of benzene rings is 1. The molecule has 0 fully saturated rings. The van der Waals surface area contributed by atoms with E-state index in [2.05, 4.69) is 10.6 Å². The molecule has 1 aromatic rings. The van der Waals surface area contributed by atoms with Gasteiger partial charge in [0, 0.05) is 24.6 Å². The van der Waals surface area contributed by atoms with Gasteiger partial charge in [0.2, 0.25) is 5.91 Å². The molecule has 94 valence electrons. The maximum Gasteiger partial charge on any atom is 0.221 e. The number of phenolic OH excluding ortho intramolecular Hbond substituents is 1. The van der Waals surface area contributed by atoms with Gasteiger partial charge in [0.1, 0.15) is 5.75 Å². The molecule has 0 spiro atoms. The Kier molecular flexibility index (Phi) is 5.49. The Morgan fingerprint density at radius 3 is 2.76 bits per heavy atom. The first kappa shape index (κ1) is 13.5. The summed E-state index contributed by atoms with van der Waals surface area (Å²) in [4.78, 5) is 11.6. The van der Waals surface area contributed by atoms with E-state index in [1.165, 1.54) is 0 Å². The molecule has 0 radical (unpaired) electrons. The molecule has 0 aromatic heterocycles. The van der Waals surface area contributed by atoms with E-state index in [9.17, 15) is 9.90 Å². The van der Waals surface area contributed by atoms with Crippen molar-refractivity contribution in [2.75, 3.05) is 6.54 Å². The molecule has 0 saturated heterocycles. The number of nitrogens with one attached hydrogen (secondary N) is 2. The quantitative estimate of drug-likeness (QED) is 0.699. The number of amides is 1. The lowest BCUT2D eigenvalue weighted by Crippen LogP contribution is -2.33. The summed E-state index contributed by atoms with van der Waals surface area (Å²) < 4.78 is 0. The second-order valence-electron chi connectivity index (χ2n) is 4.07. The van der Waals surface area contributed by atoms with Crippen molar-refractivity contribution in [3.63, 3.8) is 0 Å². The fraction of sp³-hybridized carbons (Fsp3) is 0.462. The molecule has 0 aliphatic rings. The van der Waals surface area contributed by atoms with Gasteiger partial charge in [-0.15, -0.1) is 0 Å². The van der Waals surface area contributed by atoms with E-state index in [1.54, 1.807) is 18.2 Å². The second-order valence-corrected chi connectivity index (χ2v) is 4.07. The average molecular weight is 236 g/mol. The van der Waals surface area contributed by atoms with Crippen LogP contribution in [-0.4, -0.2) is 23.6 Å². The van der Waals surface area contributed by atoms with E-state index in [0.717, 1.165) is 12.1 Å². The summed E-state index contributed by atoms with van der Waals surface area (Å²) in [7, 11) is 0. The van der Waals surface area contributed by atoms with E-state index in [4.69, 9.17) is 0 Å². The zero-order valence-electron chi connectivity index (χ0n) is 10.4. The van der Waals surface area contributed by atoms with Crippen molar-refractivity contribution in [1.29, 1.82) is 0 Å². The molecule has 0 aliphatic carbocycles. The van der Waals surface area contributed by atoms with Crippen LogP contribution >= 0.6 is 0 Å². The summed E-state index contributed by atoms with van der Waals surface area (Å²) in [5.41, 5.74) is 0.733. The first-order valence-electron chi connectivity index (χ1n) is 5.90. The predicted molar refractivity (Wildman–Crippen MR) is 67.7 cm³/mol. The molecule has 17 heavy (non-hydrogen) atoms. The highest BCUT2D eigenvalue weighted by Gasteiger charge is 2.08. The highest BCUT2D eigenvalue weighted by molar-refractivity contribution is 5.76. The Hall–Kier alpha value is -1.55. The van der Waals surface area contributed by atoms with Gasteiger partial charge in [-0.2, -0.15) is 0 Å². The minimum Gasteiger partial charge on any atom is -0.508 e. The number of hydrogen-bond acceptors (Lipinski definition) is 3. The largest absolute Gasteiger partial charge is 0.508 e. The van der Waals surface area contributed by atoms with Crippen molar-refractivity contribution < 1.29 is 9.90 Å². The molecule has 4 nitrogen and oxygen atoms in total. The van der Waals surface area contributed by atoms with Gasteiger partial charge in [0.25, 0.3) is 0 Å². The van der Waals surface area contributed by atoms with Crippen LogP contribution in [0.2, 0.25) is 0 Å². The maximum absolute atomic E-state index is 11.6. The lowest BCUT2D eigenvalue weighted by atomic mass is 10.2. The zero-order valence-corrected chi connectivity index (χ0v) is 10.4. The number of carbonyl (C=O) groups excluding carboxylic acids is 1. The Bertz CT molecular complexity index is 366. The van der Waals surface area contributed by atoms with E-state index >= 15 is 0 Å². The third kappa shape index (κ3) is 4.87. The molecule has 1 atom stereocenters. The standard InChI is InChI=1S/C13H20N2O2/c1-3-14-10(2)8-13(17)15-9-11-6-4-5-7-12(11)16/h4-7,10,14,16H,3,8-9H2,1-2H3,(H,15,17). The summed E-state index contributed by atoms with van der Waals surface area (Å²) in [5.74, 6) is 0.203.